The molecule has 1 saturated carbocycles. The highest BCUT2D eigenvalue weighted by atomic mass is 16.1. The van der Waals surface area contributed by atoms with Crippen LogP contribution in [0.3, 0.4) is 0 Å². The molecule has 6 rings (SSSR count). The van der Waals surface area contributed by atoms with E-state index in [1.54, 1.807) is 0 Å². The normalized spacial score (nSPS) is 16.7. The van der Waals surface area contributed by atoms with Crippen molar-refractivity contribution < 1.29 is 4.79 Å². The number of nitrogens with two attached hydrogens (primary N) is 1. The Hall–Kier alpha value is -4.77. The third-order valence-electron chi connectivity index (χ3n) is 7.39. The number of nitrogens with one attached hydrogen (secondary N) is 3. The number of hydrogen-bond donors (Lipinski definition) is 4. The molecular weight excluding hydrogens is 504 g/mol. The number of rotatable bonds is 8. The third kappa shape index (κ3) is 4.98. The van der Waals surface area contributed by atoms with Gasteiger partial charge >= 0.3 is 0 Å². The Morgan fingerprint density at radius 3 is 2.73 bits per heavy atom. The molecular formula is C29H32N10O. The lowest BCUT2D eigenvalue weighted by molar-refractivity contribution is 0.0946. The van der Waals surface area contributed by atoms with Gasteiger partial charge in [0.05, 0.1) is 17.9 Å². The second-order valence-electron chi connectivity index (χ2n) is 10.4. The average Bonchev–Trinajstić information content (AvgIpc) is 3.59. The molecule has 1 amide bonds. The quantitative estimate of drug-likeness (QED) is 0.236. The molecule has 0 spiro atoms. The van der Waals surface area contributed by atoms with Crippen LogP contribution >= 0.6 is 0 Å². The van der Waals surface area contributed by atoms with Crippen LogP contribution in [0.1, 0.15) is 34.7 Å². The van der Waals surface area contributed by atoms with Gasteiger partial charge in [-0.25, -0.2) is 19.9 Å². The van der Waals surface area contributed by atoms with Crippen molar-refractivity contribution in [1.29, 1.82) is 0 Å². The fourth-order valence-corrected chi connectivity index (χ4v) is 4.97. The highest BCUT2D eigenvalue weighted by Crippen LogP contribution is 2.31. The number of nitrogen functional groups attached to an aromatic ring is 1. The summed E-state index contributed by atoms with van der Waals surface area (Å²) in [6.07, 6.45) is 7.73. The molecule has 40 heavy (non-hydrogen) atoms. The summed E-state index contributed by atoms with van der Waals surface area (Å²) in [6, 6.07) is 14.4. The first kappa shape index (κ1) is 25.5. The molecule has 1 fully saturated rings. The number of aryl methyl sites for hydroxylation is 1. The van der Waals surface area contributed by atoms with Crippen molar-refractivity contribution in [3.63, 3.8) is 0 Å². The van der Waals surface area contributed by atoms with Crippen LogP contribution in [0.5, 0.6) is 0 Å². The standard InChI is InChI=1S/C29H32N10O/c1-17-14-32-24-10-9-18(16-39(17)24)25-26(22-7-5-11-31-22)37-28(30)27(36-25)29(40)33-15-19-6-4-8-23(34-19)35-20-12-21(13-20)38(2)3/h4-11,14,16,20-21,31H,12-13,15H2,1-3H3,(H2,30,37)(H,33,40)(H,34,35). The summed E-state index contributed by atoms with van der Waals surface area (Å²) in [5.74, 6) is 0.433. The molecule has 5 N–H and O–H groups in total. The van der Waals surface area contributed by atoms with Crippen LogP contribution in [0.2, 0.25) is 0 Å². The summed E-state index contributed by atoms with van der Waals surface area (Å²) in [5, 5.41) is 6.40. The number of aromatic amines is 1. The van der Waals surface area contributed by atoms with Gasteiger partial charge in [-0.15, -0.1) is 0 Å². The molecule has 0 saturated heterocycles. The highest BCUT2D eigenvalue weighted by Gasteiger charge is 2.30. The number of pyridine rings is 2. The van der Waals surface area contributed by atoms with E-state index in [1.165, 1.54) is 0 Å². The van der Waals surface area contributed by atoms with E-state index >= 15 is 0 Å². The van der Waals surface area contributed by atoms with Crippen molar-refractivity contribution in [2.45, 2.75) is 38.4 Å². The van der Waals surface area contributed by atoms with Crippen LogP contribution in [0.4, 0.5) is 11.6 Å². The fourth-order valence-electron chi connectivity index (χ4n) is 4.97. The van der Waals surface area contributed by atoms with E-state index in [-0.39, 0.29) is 18.1 Å². The number of carbonyl (C=O) groups is 1. The van der Waals surface area contributed by atoms with E-state index in [1.807, 2.05) is 72.4 Å². The zero-order valence-electron chi connectivity index (χ0n) is 22.7. The summed E-state index contributed by atoms with van der Waals surface area (Å²) >= 11 is 0. The zero-order valence-corrected chi connectivity index (χ0v) is 22.7. The van der Waals surface area contributed by atoms with E-state index in [0.29, 0.717) is 23.5 Å². The molecule has 0 atom stereocenters. The van der Waals surface area contributed by atoms with E-state index < -0.39 is 5.91 Å². The van der Waals surface area contributed by atoms with E-state index in [0.717, 1.165) is 47.0 Å². The summed E-state index contributed by atoms with van der Waals surface area (Å²) < 4.78 is 1.97. The smallest absolute Gasteiger partial charge is 0.274 e. The number of aromatic nitrogens is 6. The number of carbonyl (C=O) groups excluding carboxylic acids is 1. The maximum absolute atomic E-state index is 13.3. The SMILES string of the molecule is Cc1cnc2ccc(-c3nc(C(=O)NCc4cccc(NC5CC(N(C)C)C5)n4)c(N)nc3-c3ccc[nH]3)cn12. The van der Waals surface area contributed by atoms with Crippen LogP contribution in [0.15, 0.2) is 61.1 Å². The minimum absolute atomic E-state index is 0.0505. The number of imidazole rings is 1. The molecule has 11 heteroatoms. The first-order valence-corrected chi connectivity index (χ1v) is 13.3. The Balaban J connectivity index is 1.23. The van der Waals surface area contributed by atoms with Crippen molar-refractivity contribution in [3.8, 4) is 22.6 Å². The monoisotopic (exact) mass is 536 g/mol. The maximum Gasteiger partial charge on any atom is 0.274 e. The minimum Gasteiger partial charge on any atom is -0.382 e. The molecule has 0 aliphatic heterocycles. The first-order valence-electron chi connectivity index (χ1n) is 13.3. The topological polar surface area (TPSA) is 142 Å². The Bertz CT molecular complexity index is 1670. The summed E-state index contributed by atoms with van der Waals surface area (Å²) in [7, 11) is 4.21. The lowest BCUT2D eigenvalue weighted by Crippen LogP contribution is -2.47. The molecule has 5 aromatic heterocycles. The predicted octanol–water partition coefficient (Wildman–Crippen LogP) is 3.51. The highest BCUT2D eigenvalue weighted by molar-refractivity contribution is 5.97. The molecule has 1 aliphatic rings. The van der Waals surface area contributed by atoms with Crippen LogP contribution in [-0.4, -0.2) is 66.3 Å². The van der Waals surface area contributed by atoms with Crippen molar-refractivity contribution >= 4 is 23.2 Å². The fraction of sp³-hybridized carbons (Fsp3) is 0.276. The lowest BCUT2D eigenvalue weighted by atomic mass is 9.86. The number of hydrogen-bond acceptors (Lipinski definition) is 8. The second kappa shape index (κ2) is 10.4. The Morgan fingerprint density at radius 1 is 1.10 bits per heavy atom. The van der Waals surface area contributed by atoms with E-state index in [9.17, 15) is 4.79 Å². The number of anilines is 2. The molecule has 0 radical (unpaired) electrons. The van der Waals surface area contributed by atoms with Crippen molar-refractivity contribution in [2.24, 2.45) is 0 Å². The van der Waals surface area contributed by atoms with Gasteiger partial charge in [0.15, 0.2) is 11.5 Å². The second-order valence-corrected chi connectivity index (χ2v) is 10.4. The summed E-state index contributed by atoms with van der Waals surface area (Å²) in [6.45, 7) is 2.21. The van der Waals surface area contributed by atoms with Gasteiger partial charge in [-0.1, -0.05) is 6.07 Å². The van der Waals surface area contributed by atoms with Crippen LogP contribution in [-0.2, 0) is 6.54 Å². The molecule has 0 unspecified atom stereocenters. The van der Waals surface area contributed by atoms with Gasteiger partial charge in [0.2, 0.25) is 0 Å². The zero-order chi connectivity index (χ0) is 27.8. The third-order valence-corrected chi connectivity index (χ3v) is 7.39. The van der Waals surface area contributed by atoms with Crippen molar-refractivity contribution in [3.05, 3.63) is 78.1 Å². The van der Waals surface area contributed by atoms with Gasteiger partial charge < -0.3 is 30.7 Å². The Labute approximate surface area is 231 Å². The number of amides is 1. The number of nitrogens with zero attached hydrogens (tertiary/aromatic N) is 6. The predicted molar refractivity (Wildman–Crippen MR) is 155 cm³/mol. The molecule has 0 aromatic carbocycles. The Morgan fingerprint density at radius 2 is 1.95 bits per heavy atom. The van der Waals surface area contributed by atoms with E-state index in [2.05, 4.69) is 49.6 Å². The first-order chi connectivity index (χ1) is 19.4. The lowest BCUT2D eigenvalue weighted by Gasteiger charge is -2.40. The van der Waals surface area contributed by atoms with Crippen LogP contribution in [0.25, 0.3) is 28.3 Å². The van der Waals surface area contributed by atoms with Gasteiger partial charge in [-0.2, -0.15) is 0 Å². The van der Waals surface area contributed by atoms with Crippen LogP contribution in [0, 0.1) is 6.92 Å². The minimum atomic E-state index is -0.419. The largest absolute Gasteiger partial charge is 0.382 e. The molecule has 5 heterocycles. The molecule has 0 bridgehead atoms. The number of H-pyrrole nitrogens is 1. The maximum atomic E-state index is 13.3. The summed E-state index contributed by atoms with van der Waals surface area (Å²) in [5.41, 5.74) is 11.5. The molecule has 204 valence electrons. The van der Waals surface area contributed by atoms with Crippen LogP contribution < -0.4 is 16.4 Å². The summed E-state index contributed by atoms with van der Waals surface area (Å²) in [4.78, 5) is 37.1. The van der Waals surface area contributed by atoms with Gasteiger partial charge in [0.25, 0.3) is 5.91 Å². The Kier molecular flexibility index (Phi) is 6.64. The van der Waals surface area contributed by atoms with Gasteiger partial charge in [-0.05, 0) is 70.3 Å². The molecule has 1 aliphatic carbocycles. The van der Waals surface area contributed by atoms with Gasteiger partial charge in [0.1, 0.15) is 22.9 Å². The molecule has 11 nitrogen and oxygen atoms in total. The average molecular weight is 537 g/mol. The van der Waals surface area contributed by atoms with Crippen molar-refractivity contribution in [2.75, 3.05) is 25.1 Å². The van der Waals surface area contributed by atoms with E-state index in [4.69, 9.17) is 10.7 Å². The number of fused-ring (bicyclic) bond motifs is 1. The van der Waals surface area contributed by atoms with Crippen molar-refractivity contribution in [1.82, 2.24) is 39.5 Å². The van der Waals surface area contributed by atoms with Gasteiger partial charge in [0, 0.05) is 41.9 Å². The molecule has 5 aromatic rings. The van der Waals surface area contributed by atoms with Gasteiger partial charge in [-0.3, -0.25) is 4.79 Å².